The van der Waals surface area contributed by atoms with Gasteiger partial charge < -0.3 is 15.2 Å². The van der Waals surface area contributed by atoms with Gasteiger partial charge in [-0.25, -0.2) is 4.79 Å². The largest absolute Gasteiger partial charge is 0.483 e. The number of halogens is 1. The summed E-state index contributed by atoms with van der Waals surface area (Å²) in [6.45, 7) is 0.0646. The molecule has 0 fully saturated rings. The summed E-state index contributed by atoms with van der Waals surface area (Å²) in [5.74, 6) is -1.28. The van der Waals surface area contributed by atoms with Crippen molar-refractivity contribution in [3.8, 4) is 5.75 Å². The standard InChI is InChI=1S/C20H16ClNO4/c21-16-7-5-13(6-8-16)11-22-19(23)12-26-18-10-15-4-2-1-3-14(15)9-17(18)20(24)25/h1-10H,11-12H2,(H,22,23)(H,24,25). The summed E-state index contributed by atoms with van der Waals surface area (Å²) >= 11 is 5.82. The van der Waals surface area contributed by atoms with Gasteiger partial charge in [0.05, 0.1) is 0 Å². The molecule has 0 saturated heterocycles. The SMILES string of the molecule is O=C(COc1cc2ccccc2cc1C(=O)O)NCc1ccc(Cl)cc1. The Morgan fingerprint density at radius 1 is 1.00 bits per heavy atom. The number of aromatic carboxylic acids is 1. The molecule has 0 spiro atoms. The molecule has 6 heteroatoms. The summed E-state index contributed by atoms with van der Waals surface area (Å²) in [5.41, 5.74) is 0.925. The molecule has 0 bridgehead atoms. The Kier molecular flexibility index (Phi) is 5.39. The lowest BCUT2D eigenvalue weighted by Gasteiger charge is -2.11. The predicted molar refractivity (Wildman–Crippen MR) is 99.7 cm³/mol. The predicted octanol–water partition coefficient (Wildman–Crippen LogP) is 3.89. The lowest BCUT2D eigenvalue weighted by Crippen LogP contribution is -2.28. The summed E-state index contributed by atoms with van der Waals surface area (Å²) in [6.07, 6.45) is 0. The Bertz CT molecular complexity index is 954. The minimum Gasteiger partial charge on any atom is -0.483 e. The number of benzene rings is 3. The first-order valence-corrected chi connectivity index (χ1v) is 8.31. The van der Waals surface area contributed by atoms with Gasteiger partial charge in [0.25, 0.3) is 5.91 Å². The van der Waals surface area contributed by atoms with E-state index >= 15 is 0 Å². The second kappa shape index (κ2) is 7.89. The van der Waals surface area contributed by atoms with E-state index in [1.165, 1.54) is 0 Å². The maximum Gasteiger partial charge on any atom is 0.339 e. The Hall–Kier alpha value is -3.05. The van der Waals surface area contributed by atoms with E-state index < -0.39 is 5.97 Å². The minimum atomic E-state index is -1.10. The maximum atomic E-state index is 12.0. The van der Waals surface area contributed by atoms with Crippen LogP contribution in [0.3, 0.4) is 0 Å². The van der Waals surface area contributed by atoms with Gasteiger partial charge in [0.1, 0.15) is 11.3 Å². The van der Waals surface area contributed by atoms with Crippen LogP contribution in [-0.2, 0) is 11.3 Å². The quantitative estimate of drug-likeness (QED) is 0.691. The summed E-state index contributed by atoms with van der Waals surface area (Å²) in [7, 11) is 0. The highest BCUT2D eigenvalue weighted by atomic mass is 35.5. The van der Waals surface area contributed by atoms with Crippen LogP contribution in [0.25, 0.3) is 10.8 Å². The molecule has 3 aromatic rings. The highest BCUT2D eigenvalue weighted by Crippen LogP contribution is 2.26. The van der Waals surface area contributed by atoms with Gasteiger partial charge >= 0.3 is 5.97 Å². The molecule has 0 heterocycles. The maximum absolute atomic E-state index is 12.0. The van der Waals surface area contributed by atoms with Crippen LogP contribution in [0.2, 0.25) is 5.02 Å². The molecule has 132 valence electrons. The van der Waals surface area contributed by atoms with E-state index in [-0.39, 0.29) is 23.8 Å². The molecular weight excluding hydrogens is 354 g/mol. The average Bonchev–Trinajstić information content (AvgIpc) is 2.65. The number of carboxylic acid groups (broad SMARTS) is 1. The molecule has 1 amide bonds. The van der Waals surface area contributed by atoms with Crippen LogP contribution >= 0.6 is 11.6 Å². The number of fused-ring (bicyclic) bond motifs is 1. The van der Waals surface area contributed by atoms with Gasteiger partial charge in [-0.3, -0.25) is 4.79 Å². The monoisotopic (exact) mass is 369 g/mol. The van der Waals surface area contributed by atoms with E-state index in [1.54, 1.807) is 24.3 Å². The van der Waals surface area contributed by atoms with Gasteiger partial charge in [-0.15, -0.1) is 0 Å². The molecule has 0 radical (unpaired) electrons. The van der Waals surface area contributed by atoms with Crippen LogP contribution in [0.1, 0.15) is 15.9 Å². The first kappa shape index (κ1) is 17.8. The zero-order chi connectivity index (χ0) is 18.5. The lowest BCUT2D eigenvalue weighted by atomic mass is 10.1. The Morgan fingerprint density at radius 3 is 2.31 bits per heavy atom. The van der Waals surface area contributed by atoms with Crippen molar-refractivity contribution in [2.45, 2.75) is 6.54 Å². The molecule has 0 aliphatic rings. The third-order valence-corrected chi connectivity index (χ3v) is 4.09. The van der Waals surface area contributed by atoms with Crippen LogP contribution in [0.5, 0.6) is 5.75 Å². The van der Waals surface area contributed by atoms with Crippen LogP contribution < -0.4 is 10.1 Å². The van der Waals surface area contributed by atoms with Gasteiger partial charge in [-0.05, 0) is 40.6 Å². The summed E-state index contributed by atoms with van der Waals surface area (Å²) < 4.78 is 5.46. The van der Waals surface area contributed by atoms with Crippen molar-refractivity contribution in [2.75, 3.05) is 6.61 Å². The van der Waals surface area contributed by atoms with E-state index in [4.69, 9.17) is 16.3 Å². The van der Waals surface area contributed by atoms with E-state index in [1.807, 2.05) is 36.4 Å². The Labute approximate surface area is 155 Å². The zero-order valence-electron chi connectivity index (χ0n) is 13.7. The van der Waals surface area contributed by atoms with Crippen LogP contribution in [0.4, 0.5) is 0 Å². The van der Waals surface area contributed by atoms with Gasteiger partial charge in [0.2, 0.25) is 0 Å². The lowest BCUT2D eigenvalue weighted by molar-refractivity contribution is -0.123. The second-order valence-corrected chi connectivity index (χ2v) is 6.13. The van der Waals surface area contributed by atoms with Crippen molar-refractivity contribution in [1.29, 1.82) is 0 Å². The van der Waals surface area contributed by atoms with Crippen molar-refractivity contribution < 1.29 is 19.4 Å². The molecule has 0 aliphatic carbocycles. The molecule has 5 nitrogen and oxygen atoms in total. The number of carboxylic acids is 1. The van der Waals surface area contributed by atoms with Crippen molar-refractivity contribution >= 4 is 34.2 Å². The topological polar surface area (TPSA) is 75.6 Å². The van der Waals surface area contributed by atoms with Crippen LogP contribution in [-0.4, -0.2) is 23.6 Å². The number of rotatable bonds is 6. The molecule has 0 unspecified atom stereocenters. The Balaban J connectivity index is 1.66. The Morgan fingerprint density at radius 2 is 1.65 bits per heavy atom. The van der Waals surface area contributed by atoms with Crippen molar-refractivity contribution in [2.24, 2.45) is 0 Å². The third kappa shape index (κ3) is 4.32. The van der Waals surface area contributed by atoms with Crippen LogP contribution in [0, 0.1) is 0 Å². The smallest absolute Gasteiger partial charge is 0.339 e. The normalized spacial score (nSPS) is 10.5. The molecule has 0 atom stereocenters. The van der Waals surface area contributed by atoms with E-state index in [2.05, 4.69) is 5.32 Å². The summed E-state index contributed by atoms with van der Waals surface area (Å²) in [6, 6.07) is 17.7. The first-order chi connectivity index (χ1) is 12.5. The highest BCUT2D eigenvalue weighted by molar-refractivity contribution is 6.30. The fourth-order valence-corrected chi connectivity index (χ4v) is 2.63. The fraction of sp³-hybridized carbons (Fsp3) is 0.100. The number of hydrogen-bond acceptors (Lipinski definition) is 3. The molecule has 2 N–H and O–H groups in total. The van der Waals surface area contributed by atoms with Gasteiger partial charge in [-0.1, -0.05) is 48.0 Å². The fourth-order valence-electron chi connectivity index (χ4n) is 2.50. The van der Waals surface area contributed by atoms with E-state index in [0.717, 1.165) is 16.3 Å². The van der Waals surface area contributed by atoms with Gasteiger partial charge in [0, 0.05) is 11.6 Å². The molecule has 0 aliphatic heterocycles. The molecule has 0 aromatic heterocycles. The number of amides is 1. The van der Waals surface area contributed by atoms with Gasteiger partial charge in [-0.2, -0.15) is 0 Å². The number of hydrogen-bond donors (Lipinski definition) is 2. The minimum absolute atomic E-state index is 0.0224. The number of carbonyl (C=O) groups excluding carboxylic acids is 1. The molecule has 3 aromatic carbocycles. The van der Waals surface area contributed by atoms with Crippen molar-refractivity contribution in [3.05, 3.63) is 76.8 Å². The van der Waals surface area contributed by atoms with Crippen molar-refractivity contribution in [1.82, 2.24) is 5.32 Å². The third-order valence-electron chi connectivity index (χ3n) is 3.84. The van der Waals surface area contributed by atoms with Crippen LogP contribution in [0.15, 0.2) is 60.7 Å². The average molecular weight is 370 g/mol. The second-order valence-electron chi connectivity index (χ2n) is 5.69. The van der Waals surface area contributed by atoms with Crippen molar-refractivity contribution in [3.63, 3.8) is 0 Å². The van der Waals surface area contributed by atoms with E-state index in [0.29, 0.717) is 11.6 Å². The summed E-state index contributed by atoms with van der Waals surface area (Å²) in [5, 5.41) is 14.4. The zero-order valence-corrected chi connectivity index (χ0v) is 14.5. The number of ether oxygens (including phenoxy) is 1. The molecule has 26 heavy (non-hydrogen) atoms. The molecule has 3 rings (SSSR count). The van der Waals surface area contributed by atoms with E-state index in [9.17, 15) is 14.7 Å². The number of nitrogens with one attached hydrogen (secondary N) is 1. The summed E-state index contributed by atoms with van der Waals surface area (Å²) in [4.78, 5) is 23.4. The van der Waals surface area contributed by atoms with Gasteiger partial charge in [0.15, 0.2) is 6.61 Å². The molecule has 0 saturated carbocycles. The highest BCUT2D eigenvalue weighted by Gasteiger charge is 2.14. The first-order valence-electron chi connectivity index (χ1n) is 7.93. The molecular formula is C20H16ClNO4. The number of carbonyl (C=O) groups is 2.